The van der Waals surface area contributed by atoms with Gasteiger partial charge in [-0.3, -0.25) is 24.6 Å². The van der Waals surface area contributed by atoms with Crippen molar-refractivity contribution in [2.24, 2.45) is 0 Å². The van der Waals surface area contributed by atoms with Crippen molar-refractivity contribution in [1.29, 1.82) is 0 Å². The molecule has 0 spiro atoms. The van der Waals surface area contributed by atoms with Crippen LogP contribution in [0.3, 0.4) is 0 Å². The van der Waals surface area contributed by atoms with Gasteiger partial charge < -0.3 is 5.11 Å². The van der Waals surface area contributed by atoms with E-state index < -0.39 is 5.97 Å². The topological polar surface area (TPSA) is 99.6 Å². The molecule has 1 aromatic heterocycles. The van der Waals surface area contributed by atoms with E-state index in [2.05, 4.69) is 10.3 Å². The van der Waals surface area contributed by atoms with Crippen molar-refractivity contribution in [1.82, 2.24) is 9.88 Å². The lowest BCUT2D eigenvalue weighted by atomic mass is 10.1. The summed E-state index contributed by atoms with van der Waals surface area (Å²) < 4.78 is 0.507. The monoisotopic (exact) mass is 419 g/mol. The summed E-state index contributed by atoms with van der Waals surface area (Å²) in [5.74, 6) is -1.47. The van der Waals surface area contributed by atoms with Crippen LogP contribution in [0.2, 0.25) is 0 Å². The molecule has 0 unspecified atom stereocenters. The summed E-state index contributed by atoms with van der Waals surface area (Å²) in [7, 11) is 1.63. The molecule has 0 saturated carbocycles. The number of carboxylic acids is 1. The van der Waals surface area contributed by atoms with E-state index >= 15 is 0 Å². The van der Waals surface area contributed by atoms with Crippen LogP contribution < -0.4 is 5.32 Å². The van der Waals surface area contributed by atoms with Gasteiger partial charge in [0.15, 0.2) is 5.13 Å². The third-order valence-electron chi connectivity index (χ3n) is 3.56. The van der Waals surface area contributed by atoms with Gasteiger partial charge >= 0.3 is 5.97 Å². The minimum atomic E-state index is -0.978. The molecule has 1 aliphatic heterocycles. The van der Waals surface area contributed by atoms with Gasteiger partial charge in [-0.15, -0.1) is 11.3 Å². The Morgan fingerprint density at radius 2 is 2.04 bits per heavy atom. The molecular formula is C17H13N3O4S3. The van der Waals surface area contributed by atoms with Gasteiger partial charge in [0, 0.05) is 18.0 Å². The van der Waals surface area contributed by atoms with Gasteiger partial charge in [0.1, 0.15) is 4.32 Å². The summed E-state index contributed by atoms with van der Waals surface area (Å²) in [4.78, 5) is 41.0. The number of aromatic nitrogens is 1. The molecule has 3 rings (SSSR count). The van der Waals surface area contributed by atoms with Crippen molar-refractivity contribution in [3.05, 3.63) is 51.4 Å². The van der Waals surface area contributed by atoms with E-state index in [0.717, 1.165) is 5.56 Å². The molecule has 0 atom stereocenters. The predicted molar refractivity (Wildman–Crippen MR) is 109 cm³/mol. The van der Waals surface area contributed by atoms with Gasteiger partial charge in [-0.2, -0.15) is 0 Å². The molecule has 0 aliphatic carbocycles. The smallest absolute Gasteiger partial charge is 0.309 e. The number of rotatable bonds is 5. The SMILES string of the molecule is CN1C(=O)C(=Cc2ccc(C(=O)Nc3nc(CC(=O)O)cs3)cc2)SC1=S. The van der Waals surface area contributed by atoms with Gasteiger partial charge in [0.05, 0.1) is 17.0 Å². The molecule has 2 N–H and O–H groups in total. The number of nitrogens with zero attached hydrogens (tertiary/aromatic N) is 2. The first-order chi connectivity index (χ1) is 12.8. The van der Waals surface area contributed by atoms with E-state index in [1.54, 1.807) is 42.8 Å². The minimum Gasteiger partial charge on any atom is -0.481 e. The number of likely N-dealkylation sites (N-methyl/N-ethyl adjacent to an activating group) is 1. The van der Waals surface area contributed by atoms with Crippen LogP contribution >= 0.6 is 35.3 Å². The second-order valence-corrected chi connectivity index (χ2v) is 8.07. The van der Waals surface area contributed by atoms with Crippen LogP contribution in [0.25, 0.3) is 6.08 Å². The van der Waals surface area contributed by atoms with Crippen LogP contribution in [-0.4, -0.2) is 44.1 Å². The van der Waals surface area contributed by atoms with Crippen LogP contribution in [0.1, 0.15) is 21.6 Å². The number of thiocarbonyl (C=S) groups is 1. The average Bonchev–Trinajstić information content (AvgIpc) is 3.15. The number of hydrogen-bond donors (Lipinski definition) is 2. The first-order valence-electron chi connectivity index (χ1n) is 7.62. The molecule has 1 aliphatic rings. The molecule has 1 fully saturated rings. The second kappa shape index (κ2) is 7.99. The summed E-state index contributed by atoms with van der Waals surface area (Å²) >= 11 is 7.49. The van der Waals surface area contributed by atoms with Gasteiger partial charge in [-0.25, -0.2) is 4.98 Å². The zero-order valence-electron chi connectivity index (χ0n) is 14.0. The van der Waals surface area contributed by atoms with Gasteiger partial charge in [0.25, 0.3) is 11.8 Å². The number of carbonyl (C=O) groups excluding carboxylic acids is 2. The molecule has 2 heterocycles. The number of thiazole rings is 1. The highest BCUT2D eigenvalue weighted by molar-refractivity contribution is 8.26. The fraction of sp³-hybridized carbons (Fsp3) is 0.118. The van der Waals surface area contributed by atoms with Crippen molar-refractivity contribution in [3.63, 3.8) is 0 Å². The number of thioether (sulfide) groups is 1. The second-order valence-electron chi connectivity index (χ2n) is 5.53. The third-order valence-corrected chi connectivity index (χ3v) is 5.85. The highest BCUT2D eigenvalue weighted by Crippen LogP contribution is 2.31. The van der Waals surface area contributed by atoms with Crippen LogP contribution in [0.5, 0.6) is 0 Å². The van der Waals surface area contributed by atoms with Crippen molar-refractivity contribution < 1.29 is 19.5 Å². The van der Waals surface area contributed by atoms with E-state index in [4.69, 9.17) is 17.3 Å². The molecule has 0 radical (unpaired) electrons. The minimum absolute atomic E-state index is 0.146. The quantitative estimate of drug-likeness (QED) is 0.568. The number of hydrogen-bond acceptors (Lipinski definition) is 7. The van der Waals surface area contributed by atoms with Gasteiger partial charge in [-0.05, 0) is 23.8 Å². The molecule has 1 aromatic carbocycles. The maximum absolute atomic E-state index is 12.3. The fourth-order valence-corrected chi connectivity index (χ4v) is 4.08. The van der Waals surface area contributed by atoms with Crippen LogP contribution in [0.15, 0.2) is 34.6 Å². The van der Waals surface area contributed by atoms with E-state index in [9.17, 15) is 14.4 Å². The molecule has 10 heteroatoms. The molecule has 138 valence electrons. The van der Waals surface area contributed by atoms with Crippen molar-refractivity contribution >= 4 is 68.6 Å². The van der Waals surface area contributed by atoms with E-state index in [1.807, 2.05) is 0 Å². The van der Waals surface area contributed by atoms with Crippen LogP contribution in [-0.2, 0) is 16.0 Å². The maximum atomic E-state index is 12.3. The van der Waals surface area contributed by atoms with Gasteiger partial charge in [0.2, 0.25) is 0 Å². The first-order valence-corrected chi connectivity index (χ1v) is 9.73. The Bertz CT molecular complexity index is 966. The Balaban J connectivity index is 1.67. The maximum Gasteiger partial charge on any atom is 0.309 e. The average molecular weight is 420 g/mol. The van der Waals surface area contributed by atoms with Crippen molar-refractivity contribution in [3.8, 4) is 0 Å². The first kappa shape index (κ1) is 19.2. The zero-order valence-corrected chi connectivity index (χ0v) is 16.4. The summed E-state index contributed by atoms with van der Waals surface area (Å²) in [6, 6.07) is 6.74. The number of anilines is 1. The lowest BCUT2D eigenvalue weighted by Gasteiger charge is -2.04. The van der Waals surface area contributed by atoms with E-state index in [0.29, 0.717) is 25.6 Å². The Kier molecular flexibility index (Phi) is 5.68. The molecule has 27 heavy (non-hydrogen) atoms. The van der Waals surface area contributed by atoms with Crippen molar-refractivity contribution in [2.45, 2.75) is 6.42 Å². The molecular weight excluding hydrogens is 406 g/mol. The number of carbonyl (C=O) groups is 3. The fourth-order valence-electron chi connectivity index (χ4n) is 2.20. The molecule has 2 amide bonds. The largest absolute Gasteiger partial charge is 0.481 e. The lowest BCUT2D eigenvalue weighted by Crippen LogP contribution is -2.22. The normalized spacial score (nSPS) is 15.4. The predicted octanol–water partition coefficient (Wildman–Crippen LogP) is 2.85. The summed E-state index contributed by atoms with van der Waals surface area (Å²) in [5.41, 5.74) is 1.59. The highest BCUT2D eigenvalue weighted by atomic mass is 32.2. The number of aliphatic carboxylic acids is 1. The van der Waals surface area contributed by atoms with Crippen molar-refractivity contribution in [2.75, 3.05) is 12.4 Å². The van der Waals surface area contributed by atoms with Crippen LogP contribution in [0.4, 0.5) is 5.13 Å². The Morgan fingerprint density at radius 1 is 1.33 bits per heavy atom. The van der Waals surface area contributed by atoms with E-state index in [-0.39, 0.29) is 18.2 Å². The van der Waals surface area contributed by atoms with E-state index in [1.165, 1.54) is 28.0 Å². The number of carboxylic acid groups (broad SMARTS) is 1. The Labute approximate surface area is 168 Å². The summed E-state index contributed by atoms with van der Waals surface area (Å²) in [6.07, 6.45) is 1.54. The Morgan fingerprint density at radius 3 is 2.63 bits per heavy atom. The third kappa shape index (κ3) is 4.59. The number of benzene rings is 1. The standard InChI is InChI=1S/C17H13N3O4S3/c1-20-15(24)12(27-17(20)25)6-9-2-4-10(5-3-9)14(23)19-16-18-11(8-26-16)7-13(21)22/h2-6,8H,7H2,1H3,(H,21,22)(H,18,19,23). The zero-order chi connectivity index (χ0) is 19.6. The number of nitrogens with one attached hydrogen (secondary N) is 1. The van der Waals surface area contributed by atoms with Gasteiger partial charge in [-0.1, -0.05) is 36.1 Å². The molecule has 0 bridgehead atoms. The summed E-state index contributed by atoms with van der Waals surface area (Å²) in [5, 5.41) is 13.3. The lowest BCUT2D eigenvalue weighted by molar-refractivity contribution is -0.136. The molecule has 2 aromatic rings. The Hall–Kier alpha value is -2.56. The number of amides is 2. The molecule has 1 saturated heterocycles. The summed E-state index contributed by atoms with van der Waals surface area (Å²) in [6.45, 7) is 0. The van der Waals surface area contributed by atoms with Crippen LogP contribution in [0, 0.1) is 0 Å². The molecule has 7 nitrogen and oxygen atoms in total. The highest BCUT2D eigenvalue weighted by Gasteiger charge is 2.28.